The first-order chi connectivity index (χ1) is 7.56. The average Bonchev–Trinajstić information content (AvgIpc) is 2.20. The van der Waals surface area contributed by atoms with Gasteiger partial charge in [-0.25, -0.2) is 9.18 Å². The first kappa shape index (κ1) is 10.4. The Hall–Kier alpha value is -2.17. The van der Waals surface area contributed by atoms with Gasteiger partial charge in [0.15, 0.2) is 0 Å². The van der Waals surface area contributed by atoms with Crippen LogP contribution in [0.4, 0.5) is 4.39 Å². The fraction of sp³-hybridized carbons (Fsp3) is 0.0909. The number of aromatic amines is 2. The van der Waals surface area contributed by atoms with Gasteiger partial charge in [0.2, 0.25) is 0 Å². The molecule has 4 nitrogen and oxygen atoms in total. The summed E-state index contributed by atoms with van der Waals surface area (Å²) in [6.45, 7) is 1.62. The van der Waals surface area contributed by atoms with E-state index in [0.717, 1.165) is 0 Å². The molecule has 0 aliphatic carbocycles. The highest BCUT2D eigenvalue weighted by Gasteiger charge is 2.03. The zero-order valence-corrected chi connectivity index (χ0v) is 8.50. The predicted octanol–water partition coefficient (Wildman–Crippen LogP) is 1.18. The molecule has 1 aromatic carbocycles. The number of nitrogens with one attached hydrogen (secondary N) is 2. The van der Waals surface area contributed by atoms with Gasteiger partial charge < -0.3 is 4.98 Å². The molecule has 0 fully saturated rings. The van der Waals surface area contributed by atoms with Crippen molar-refractivity contribution in [3.05, 3.63) is 56.5 Å². The summed E-state index contributed by atoms with van der Waals surface area (Å²) in [6, 6.07) is 5.63. The molecule has 2 N–H and O–H groups in total. The van der Waals surface area contributed by atoms with E-state index in [-0.39, 0.29) is 5.82 Å². The van der Waals surface area contributed by atoms with Gasteiger partial charge >= 0.3 is 5.69 Å². The molecule has 0 radical (unpaired) electrons. The molecule has 2 aromatic rings. The third kappa shape index (κ3) is 1.93. The first-order valence-electron chi connectivity index (χ1n) is 4.66. The Kier molecular flexibility index (Phi) is 2.44. The monoisotopic (exact) mass is 220 g/mol. The summed E-state index contributed by atoms with van der Waals surface area (Å²) >= 11 is 0. The Morgan fingerprint density at radius 3 is 2.50 bits per heavy atom. The fourth-order valence-electron chi connectivity index (χ4n) is 1.44. The molecule has 0 aliphatic heterocycles. The Balaban J connectivity index is 2.63. The summed E-state index contributed by atoms with van der Waals surface area (Å²) in [6.07, 6.45) is 0. The maximum absolute atomic E-state index is 13.0. The van der Waals surface area contributed by atoms with E-state index in [1.807, 2.05) is 0 Å². The molecule has 0 amide bonds. The Bertz CT molecular complexity index is 615. The summed E-state index contributed by atoms with van der Waals surface area (Å²) in [5.74, 6) is -0.323. The number of aryl methyl sites for hydroxylation is 1. The minimum Gasteiger partial charge on any atom is -0.307 e. The normalized spacial score (nSPS) is 10.4. The molecule has 0 aliphatic rings. The topological polar surface area (TPSA) is 65.7 Å². The molecule has 0 saturated carbocycles. The second-order valence-electron chi connectivity index (χ2n) is 3.47. The standard InChI is InChI=1S/C11H9FN2O2/c1-6-4-7(2-3-8(6)12)9-5-10(15)14-11(16)13-9/h2-5H,1H3,(H2,13,14,15,16). The SMILES string of the molecule is Cc1cc(-c2cc(=O)[nH]c(=O)[nH]2)ccc1F. The van der Waals surface area contributed by atoms with E-state index in [1.165, 1.54) is 18.2 Å². The molecule has 0 unspecified atom stereocenters. The van der Waals surface area contributed by atoms with Crippen molar-refractivity contribution >= 4 is 0 Å². The molecule has 0 bridgehead atoms. The number of hydrogen-bond acceptors (Lipinski definition) is 2. The second-order valence-corrected chi connectivity index (χ2v) is 3.47. The molecule has 0 spiro atoms. The van der Waals surface area contributed by atoms with Crippen LogP contribution in [0.25, 0.3) is 11.3 Å². The van der Waals surface area contributed by atoms with Crippen LogP contribution >= 0.6 is 0 Å². The molecular weight excluding hydrogens is 211 g/mol. The van der Waals surface area contributed by atoms with Crippen LogP contribution < -0.4 is 11.2 Å². The summed E-state index contributed by atoms with van der Waals surface area (Å²) < 4.78 is 13.0. The van der Waals surface area contributed by atoms with Crippen LogP contribution in [0.1, 0.15) is 5.56 Å². The highest BCUT2D eigenvalue weighted by molar-refractivity contribution is 5.59. The van der Waals surface area contributed by atoms with Gasteiger partial charge in [0.1, 0.15) is 5.82 Å². The first-order valence-corrected chi connectivity index (χ1v) is 4.66. The van der Waals surface area contributed by atoms with Crippen molar-refractivity contribution in [1.29, 1.82) is 0 Å². The van der Waals surface area contributed by atoms with E-state index in [1.54, 1.807) is 13.0 Å². The number of rotatable bonds is 1. The largest absolute Gasteiger partial charge is 0.326 e. The number of halogens is 1. The summed E-state index contributed by atoms with van der Waals surface area (Å²) in [5, 5.41) is 0. The number of benzene rings is 1. The van der Waals surface area contributed by atoms with Crippen molar-refractivity contribution in [2.24, 2.45) is 0 Å². The van der Waals surface area contributed by atoms with Gasteiger partial charge in [0.05, 0.1) is 5.69 Å². The molecule has 1 aromatic heterocycles. The smallest absolute Gasteiger partial charge is 0.307 e. The van der Waals surface area contributed by atoms with Gasteiger partial charge in [0, 0.05) is 6.07 Å². The molecule has 0 saturated heterocycles. The Morgan fingerprint density at radius 2 is 1.88 bits per heavy atom. The van der Waals surface area contributed by atoms with Crippen molar-refractivity contribution in [3.8, 4) is 11.3 Å². The zero-order chi connectivity index (χ0) is 11.7. The lowest BCUT2D eigenvalue weighted by atomic mass is 10.1. The molecule has 16 heavy (non-hydrogen) atoms. The number of aromatic nitrogens is 2. The molecule has 82 valence electrons. The molecular formula is C11H9FN2O2. The van der Waals surface area contributed by atoms with Crippen LogP contribution in [-0.4, -0.2) is 9.97 Å². The lowest BCUT2D eigenvalue weighted by Crippen LogP contribution is -2.21. The van der Waals surface area contributed by atoms with E-state index < -0.39 is 11.2 Å². The van der Waals surface area contributed by atoms with Gasteiger partial charge in [-0.1, -0.05) is 0 Å². The Labute approximate surface area is 89.8 Å². The lowest BCUT2D eigenvalue weighted by molar-refractivity contribution is 0.619. The van der Waals surface area contributed by atoms with Crippen molar-refractivity contribution < 1.29 is 4.39 Å². The van der Waals surface area contributed by atoms with Crippen molar-refractivity contribution in [2.75, 3.05) is 0 Å². The van der Waals surface area contributed by atoms with Crippen molar-refractivity contribution in [1.82, 2.24) is 9.97 Å². The van der Waals surface area contributed by atoms with Crippen molar-refractivity contribution in [2.45, 2.75) is 6.92 Å². The van der Waals surface area contributed by atoms with Crippen LogP contribution in [0.2, 0.25) is 0 Å². The maximum Gasteiger partial charge on any atom is 0.326 e. The molecule has 2 rings (SSSR count). The third-order valence-corrected chi connectivity index (χ3v) is 2.23. The molecule has 0 atom stereocenters. The van der Waals surface area contributed by atoms with Crippen LogP contribution in [0.15, 0.2) is 33.9 Å². The summed E-state index contributed by atoms with van der Waals surface area (Å²) in [4.78, 5) is 26.7. The van der Waals surface area contributed by atoms with E-state index in [0.29, 0.717) is 16.8 Å². The highest BCUT2D eigenvalue weighted by atomic mass is 19.1. The number of hydrogen-bond donors (Lipinski definition) is 2. The van der Waals surface area contributed by atoms with Crippen LogP contribution in [-0.2, 0) is 0 Å². The van der Waals surface area contributed by atoms with E-state index in [9.17, 15) is 14.0 Å². The van der Waals surface area contributed by atoms with E-state index in [2.05, 4.69) is 9.97 Å². The van der Waals surface area contributed by atoms with Crippen LogP contribution in [0.5, 0.6) is 0 Å². The van der Waals surface area contributed by atoms with Gasteiger partial charge in [-0.15, -0.1) is 0 Å². The Morgan fingerprint density at radius 1 is 1.12 bits per heavy atom. The lowest BCUT2D eigenvalue weighted by Gasteiger charge is -2.02. The van der Waals surface area contributed by atoms with Crippen molar-refractivity contribution in [3.63, 3.8) is 0 Å². The quantitative estimate of drug-likeness (QED) is 0.757. The molecule has 5 heteroatoms. The minimum absolute atomic E-state index is 0.323. The predicted molar refractivity (Wildman–Crippen MR) is 57.8 cm³/mol. The van der Waals surface area contributed by atoms with Gasteiger partial charge in [-0.2, -0.15) is 0 Å². The van der Waals surface area contributed by atoms with E-state index in [4.69, 9.17) is 0 Å². The zero-order valence-electron chi connectivity index (χ0n) is 8.50. The molecule has 1 heterocycles. The van der Waals surface area contributed by atoms with Gasteiger partial charge in [-0.3, -0.25) is 9.78 Å². The summed E-state index contributed by atoms with van der Waals surface area (Å²) in [5.41, 5.74) is 0.364. The maximum atomic E-state index is 13.0. The summed E-state index contributed by atoms with van der Waals surface area (Å²) in [7, 11) is 0. The van der Waals surface area contributed by atoms with Gasteiger partial charge in [0.25, 0.3) is 5.56 Å². The van der Waals surface area contributed by atoms with Gasteiger partial charge in [-0.05, 0) is 36.2 Å². The number of H-pyrrole nitrogens is 2. The highest BCUT2D eigenvalue weighted by Crippen LogP contribution is 2.17. The van der Waals surface area contributed by atoms with E-state index >= 15 is 0 Å². The second kappa shape index (κ2) is 3.77. The minimum atomic E-state index is -0.579. The fourth-order valence-corrected chi connectivity index (χ4v) is 1.44. The van der Waals surface area contributed by atoms with Crippen LogP contribution in [0.3, 0.4) is 0 Å². The average molecular weight is 220 g/mol. The third-order valence-electron chi connectivity index (χ3n) is 2.23. The van der Waals surface area contributed by atoms with Crippen LogP contribution in [0, 0.1) is 12.7 Å².